The van der Waals surface area contributed by atoms with Crippen molar-refractivity contribution in [3.8, 4) is 0 Å². The van der Waals surface area contributed by atoms with Crippen LogP contribution in [0.2, 0.25) is 0 Å². The van der Waals surface area contributed by atoms with Crippen LogP contribution in [0.1, 0.15) is 25.8 Å². The van der Waals surface area contributed by atoms with Crippen LogP contribution in [0.3, 0.4) is 0 Å². The van der Waals surface area contributed by atoms with Gasteiger partial charge in [0, 0.05) is 6.42 Å². The number of benzene rings is 1. The van der Waals surface area contributed by atoms with Crippen molar-refractivity contribution in [2.75, 3.05) is 0 Å². The minimum absolute atomic E-state index is 0.0138. The summed E-state index contributed by atoms with van der Waals surface area (Å²) in [6.45, 7) is 3.34. The number of hydrogen-bond acceptors (Lipinski definition) is 2. The van der Waals surface area contributed by atoms with Gasteiger partial charge in [-0.1, -0.05) is 13.8 Å². The predicted molar refractivity (Wildman–Crippen MR) is 69.1 cm³/mol. The monoisotopic (exact) mass is 285 g/mol. The predicted octanol–water partition coefficient (Wildman–Crippen LogP) is 2.12. The highest BCUT2D eigenvalue weighted by Gasteiger charge is 2.23. The van der Waals surface area contributed by atoms with Crippen LogP contribution < -0.4 is 5.32 Å². The summed E-state index contributed by atoms with van der Waals surface area (Å²) in [5.41, 5.74) is 0.0940. The third-order valence-corrected chi connectivity index (χ3v) is 2.88. The normalized spacial score (nSPS) is 12.2. The Morgan fingerprint density at radius 2 is 1.95 bits per heavy atom. The average Bonchev–Trinajstić information content (AvgIpc) is 2.36. The van der Waals surface area contributed by atoms with Gasteiger partial charge in [0.2, 0.25) is 5.91 Å². The molecule has 0 heterocycles. The van der Waals surface area contributed by atoms with Crippen molar-refractivity contribution in [2.24, 2.45) is 5.92 Å². The van der Waals surface area contributed by atoms with Crippen LogP contribution in [0.25, 0.3) is 0 Å². The lowest BCUT2D eigenvalue weighted by atomic mass is 10.0. The van der Waals surface area contributed by atoms with E-state index in [-0.39, 0.29) is 24.3 Å². The molecule has 20 heavy (non-hydrogen) atoms. The standard InChI is InChI=1S/C14H17F2NO3/c1-8(2)13(14(19)20)17-12(18)6-3-9-7-10(15)4-5-11(9)16/h4-5,7-8,13H,3,6H2,1-2H3,(H,17,18)(H,19,20)/t13-/m0/s1. The minimum Gasteiger partial charge on any atom is -0.480 e. The average molecular weight is 285 g/mol. The largest absolute Gasteiger partial charge is 0.480 e. The van der Waals surface area contributed by atoms with Crippen molar-refractivity contribution in [1.29, 1.82) is 0 Å². The summed E-state index contributed by atoms with van der Waals surface area (Å²) in [6, 6.07) is 2.04. The number of hydrogen-bond donors (Lipinski definition) is 2. The smallest absolute Gasteiger partial charge is 0.326 e. The van der Waals surface area contributed by atoms with Gasteiger partial charge in [-0.15, -0.1) is 0 Å². The molecule has 1 aromatic rings. The number of rotatable bonds is 6. The molecule has 1 aromatic carbocycles. The first-order valence-electron chi connectivity index (χ1n) is 6.27. The van der Waals surface area contributed by atoms with Crippen LogP contribution in [-0.4, -0.2) is 23.0 Å². The van der Waals surface area contributed by atoms with E-state index >= 15 is 0 Å². The molecule has 0 saturated carbocycles. The third-order valence-electron chi connectivity index (χ3n) is 2.88. The van der Waals surface area contributed by atoms with E-state index in [0.717, 1.165) is 18.2 Å². The van der Waals surface area contributed by atoms with Crippen molar-refractivity contribution in [3.05, 3.63) is 35.4 Å². The van der Waals surface area contributed by atoms with Crippen LogP contribution in [0.4, 0.5) is 8.78 Å². The van der Waals surface area contributed by atoms with Gasteiger partial charge in [0.05, 0.1) is 0 Å². The maximum atomic E-state index is 13.3. The molecule has 0 unspecified atom stereocenters. The Morgan fingerprint density at radius 3 is 2.50 bits per heavy atom. The molecule has 1 atom stereocenters. The van der Waals surface area contributed by atoms with Gasteiger partial charge in [0.15, 0.2) is 0 Å². The molecule has 0 bridgehead atoms. The highest BCUT2D eigenvalue weighted by atomic mass is 19.1. The molecule has 6 heteroatoms. The Bertz CT molecular complexity index is 503. The molecular formula is C14H17F2NO3. The summed E-state index contributed by atoms with van der Waals surface area (Å²) in [7, 11) is 0. The maximum absolute atomic E-state index is 13.3. The van der Waals surface area contributed by atoms with Crippen molar-refractivity contribution >= 4 is 11.9 Å². The summed E-state index contributed by atoms with van der Waals surface area (Å²) in [6.07, 6.45) is -0.0866. The molecule has 110 valence electrons. The lowest BCUT2D eigenvalue weighted by molar-refractivity contribution is -0.143. The van der Waals surface area contributed by atoms with E-state index in [1.165, 1.54) is 0 Å². The molecule has 0 aliphatic carbocycles. The summed E-state index contributed by atoms with van der Waals surface area (Å²) in [5, 5.41) is 11.3. The Hall–Kier alpha value is -1.98. The Kier molecular flexibility index (Phi) is 5.61. The Balaban J connectivity index is 2.59. The first-order chi connectivity index (χ1) is 9.31. The van der Waals surface area contributed by atoms with Crippen molar-refractivity contribution < 1.29 is 23.5 Å². The van der Waals surface area contributed by atoms with E-state index in [0.29, 0.717) is 0 Å². The van der Waals surface area contributed by atoms with Gasteiger partial charge < -0.3 is 10.4 Å². The number of halogens is 2. The quantitative estimate of drug-likeness (QED) is 0.841. The summed E-state index contributed by atoms with van der Waals surface area (Å²) >= 11 is 0. The van der Waals surface area contributed by atoms with Crippen LogP contribution in [0.5, 0.6) is 0 Å². The molecule has 1 amide bonds. The van der Waals surface area contributed by atoms with Crippen molar-refractivity contribution in [2.45, 2.75) is 32.7 Å². The fourth-order valence-electron chi connectivity index (χ4n) is 1.74. The number of amides is 1. The van der Waals surface area contributed by atoms with Crippen LogP contribution in [0, 0.1) is 17.6 Å². The summed E-state index contributed by atoms with van der Waals surface area (Å²) in [4.78, 5) is 22.6. The number of carbonyl (C=O) groups is 2. The van der Waals surface area contributed by atoms with Gasteiger partial charge >= 0.3 is 5.97 Å². The zero-order chi connectivity index (χ0) is 15.3. The molecule has 0 radical (unpaired) electrons. The van der Waals surface area contributed by atoms with E-state index in [9.17, 15) is 18.4 Å². The number of nitrogens with one attached hydrogen (secondary N) is 1. The van der Waals surface area contributed by atoms with E-state index in [2.05, 4.69) is 5.32 Å². The van der Waals surface area contributed by atoms with Crippen molar-refractivity contribution in [3.63, 3.8) is 0 Å². The highest BCUT2D eigenvalue weighted by Crippen LogP contribution is 2.12. The second-order valence-electron chi connectivity index (χ2n) is 4.86. The van der Waals surface area contributed by atoms with Gasteiger partial charge in [-0.2, -0.15) is 0 Å². The van der Waals surface area contributed by atoms with E-state index in [1.807, 2.05) is 0 Å². The van der Waals surface area contributed by atoms with E-state index in [4.69, 9.17) is 5.11 Å². The van der Waals surface area contributed by atoms with Gasteiger partial charge in [-0.25, -0.2) is 13.6 Å². The molecule has 0 saturated heterocycles. The first kappa shape index (κ1) is 16.1. The number of carbonyl (C=O) groups excluding carboxylic acids is 1. The molecule has 2 N–H and O–H groups in total. The van der Waals surface area contributed by atoms with Crippen LogP contribution >= 0.6 is 0 Å². The first-order valence-corrected chi connectivity index (χ1v) is 6.27. The molecule has 0 aliphatic heterocycles. The SMILES string of the molecule is CC(C)[C@H](NC(=O)CCc1cc(F)ccc1F)C(=O)O. The van der Waals surface area contributed by atoms with Gasteiger partial charge in [0.25, 0.3) is 0 Å². The maximum Gasteiger partial charge on any atom is 0.326 e. The van der Waals surface area contributed by atoms with Gasteiger partial charge in [-0.05, 0) is 36.1 Å². The van der Waals surface area contributed by atoms with Crippen LogP contribution in [-0.2, 0) is 16.0 Å². The topological polar surface area (TPSA) is 66.4 Å². The number of carboxylic acid groups (broad SMARTS) is 1. The fourth-order valence-corrected chi connectivity index (χ4v) is 1.74. The van der Waals surface area contributed by atoms with Gasteiger partial charge in [-0.3, -0.25) is 4.79 Å². The fraction of sp³-hybridized carbons (Fsp3) is 0.429. The van der Waals surface area contributed by atoms with Gasteiger partial charge in [0.1, 0.15) is 17.7 Å². The van der Waals surface area contributed by atoms with E-state index < -0.39 is 29.6 Å². The number of aliphatic carboxylic acids is 1. The number of carboxylic acids is 1. The highest BCUT2D eigenvalue weighted by molar-refractivity contribution is 5.83. The molecule has 0 aromatic heterocycles. The lowest BCUT2D eigenvalue weighted by Crippen LogP contribution is -2.44. The Morgan fingerprint density at radius 1 is 1.30 bits per heavy atom. The third kappa shape index (κ3) is 4.60. The molecule has 1 rings (SSSR count). The second kappa shape index (κ2) is 6.98. The lowest BCUT2D eigenvalue weighted by Gasteiger charge is -2.17. The summed E-state index contributed by atoms with van der Waals surface area (Å²) < 4.78 is 26.3. The zero-order valence-electron chi connectivity index (χ0n) is 11.3. The second-order valence-corrected chi connectivity index (χ2v) is 4.86. The molecule has 0 aliphatic rings. The van der Waals surface area contributed by atoms with Crippen molar-refractivity contribution in [1.82, 2.24) is 5.32 Å². The summed E-state index contributed by atoms with van der Waals surface area (Å²) in [5.74, 6) is -3.05. The number of aryl methyl sites for hydroxylation is 1. The van der Waals surface area contributed by atoms with Crippen LogP contribution in [0.15, 0.2) is 18.2 Å². The Labute approximate surface area is 115 Å². The minimum atomic E-state index is -1.12. The molecule has 4 nitrogen and oxygen atoms in total. The molecular weight excluding hydrogens is 268 g/mol. The molecule has 0 spiro atoms. The van der Waals surface area contributed by atoms with E-state index in [1.54, 1.807) is 13.8 Å². The zero-order valence-corrected chi connectivity index (χ0v) is 11.3. The molecule has 0 fully saturated rings.